The largest absolute Gasteiger partial charge is 0.481 e. The minimum absolute atomic E-state index is 0.0281. The summed E-state index contributed by atoms with van der Waals surface area (Å²) in [7, 11) is 0. The molecule has 5 nitrogen and oxygen atoms in total. The van der Waals surface area contributed by atoms with Crippen molar-refractivity contribution >= 4 is 22.6 Å². The van der Waals surface area contributed by atoms with Crippen LogP contribution in [0.4, 0.5) is 0 Å². The van der Waals surface area contributed by atoms with Crippen LogP contribution >= 0.6 is 0 Å². The Labute approximate surface area is 208 Å². The molecular weight excluding hydrogens is 436 g/mol. The van der Waals surface area contributed by atoms with Crippen LogP contribution in [0, 0.1) is 11.8 Å². The molecule has 2 unspecified atom stereocenters. The number of likely N-dealkylation sites (tertiary alicyclic amines) is 1. The average molecular weight is 473 g/mol. The molecule has 2 N–H and O–H groups in total. The Morgan fingerprint density at radius 1 is 0.971 bits per heavy atom. The first-order valence-corrected chi connectivity index (χ1v) is 12.7. The topological polar surface area (TPSA) is 69.6 Å². The van der Waals surface area contributed by atoms with Gasteiger partial charge in [-0.25, -0.2) is 0 Å². The Bertz CT molecular complexity index is 1140. The number of fused-ring (bicyclic) bond motifs is 1. The van der Waals surface area contributed by atoms with Gasteiger partial charge in [0.2, 0.25) is 5.91 Å². The lowest BCUT2D eigenvalue weighted by atomic mass is 9.80. The molecule has 1 amide bonds. The lowest BCUT2D eigenvalue weighted by molar-refractivity contribution is -0.139. The van der Waals surface area contributed by atoms with Crippen molar-refractivity contribution in [1.29, 1.82) is 0 Å². The highest BCUT2D eigenvalue weighted by molar-refractivity contribution is 5.86. The van der Waals surface area contributed by atoms with E-state index in [2.05, 4.69) is 79.0 Å². The van der Waals surface area contributed by atoms with Gasteiger partial charge in [0.05, 0.1) is 0 Å². The van der Waals surface area contributed by atoms with Gasteiger partial charge in [-0.1, -0.05) is 79.7 Å². The van der Waals surface area contributed by atoms with Crippen LogP contribution in [0.15, 0.2) is 72.8 Å². The third kappa shape index (κ3) is 6.29. The molecule has 4 atom stereocenters. The van der Waals surface area contributed by atoms with Gasteiger partial charge < -0.3 is 15.3 Å². The third-order valence-electron chi connectivity index (χ3n) is 7.36. The van der Waals surface area contributed by atoms with E-state index in [-0.39, 0.29) is 36.6 Å². The highest BCUT2D eigenvalue weighted by Gasteiger charge is 2.33. The molecule has 184 valence electrons. The molecule has 3 aromatic rings. The zero-order chi connectivity index (χ0) is 24.8. The van der Waals surface area contributed by atoms with E-state index >= 15 is 0 Å². The number of nitrogens with one attached hydrogen (secondary N) is 1. The van der Waals surface area contributed by atoms with E-state index in [1.807, 2.05) is 17.9 Å². The second-order valence-corrected chi connectivity index (χ2v) is 10.0. The van der Waals surface area contributed by atoms with Crippen LogP contribution in [0.2, 0.25) is 0 Å². The van der Waals surface area contributed by atoms with Gasteiger partial charge in [-0.15, -0.1) is 0 Å². The molecule has 1 saturated heterocycles. The van der Waals surface area contributed by atoms with Crippen molar-refractivity contribution < 1.29 is 14.7 Å². The Kier molecular flexibility index (Phi) is 8.19. The molecule has 1 aliphatic rings. The standard InChI is InChI=1S/C30H36N2O3/c1-21(18-30(34)35)17-29(33)32-16-15-25(28(20-32)24-9-4-3-5-10-24)19-31-22(2)26-14-8-12-23-11-6-7-13-27(23)26/h3-14,21-22,25,28,31H,15-20H2,1-2H3,(H,34,35)/t21-,22-,25?,28?/m1/s1. The van der Waals surface area contributed by atoms with Crippen LogP contribution < -0.4 is 5.32 Å². The van der Waals surface area contributed by atoms with Gasteiger partial charge in [0.1, 0.15) is 0 Å². The van der Waals surface area contributed by atoms with Crippen LogP contribution in [0.3, 0.4) is 0 Å². The predicted octanol–water partition coefficient (Wildman–Crippen LogP) is 5.62. The van der Waals surface area contributed by atoms with Crippen LogP contribution in [0.1, 0.15) is 56.2 Å². The smallest absolute Gasteiger partial charge is 0.303 e. The first-order valence-electron chi connectivity index (χ1n) is 12.7. The fraction of sp³-hybridized carbons (Fsp3) is 0.400. The van der Waals surface area contributed by atoms with Crippen molar-refractivity contribution in [2.45, 2.75) is 45.1 Å². The molecule has 0 spiro atoms. The number of aliphatic carboxylic acids is 1. The van der Waals surface area contributed by atoms with E-state index < -0.39 is 5.97 Å². The summed E-state index contributed by atoms with van der Waals surface area (Å²) < 4.78 is 0. The van der Waals surface area contributed by atoms with E-state index in [9.17, 15) is 9.59 Å². The number of carboxylic acids is 1. The number of carbonyl (C=O) groups is 2. The number of amides is 1. The zero-order valence-corrected chi connectivity index (χ0v) is 20.7. The molecule has 5 heteroatoms. The molecule has 1 heterocycles. The van der Waals surface area contributed by atoms with Crippen LogP contribution in [-0.4, -0.2) is 41.5 Å². The maximum atomic E-state index is 13.0. The molecule has 0 aliphatic carbocycles. The van der Waals surface area contributed by atoms with E-state index in [4.69, 9.17) is 5.11 Å². The molecule has 0 radical (unpaired) electrons. The number of hydrogen-bond donors (Lipinski definition) is 2. The molecule has 35 heavy (non-hydrogen) atoms. The monoisotopic (exact) mass is 472 g/mol. The molecule has 0 aromatic heterocycles. The maximum absolute atomic E-state index is 13.0. The Morgan fingerprint density at radius 3 is 2.46 bits per heavy atom. The summed E-state index contributed by atoms with van der Waals surface area (Å²) in [5.41, 5.74) is 2.56. The molecule has 1 aliphatic heterocycles. The summed E-state index contributed by atoms with van der Waals surface area (Å²) in [4.78, 5) is 25.9. The van der Waals surface area contributed by atoms with Crippen molar-refractivity contribution in [3.8, 4) is 0 Å². The second kappa shape index (κ2) is 11.5. The summed E-state index contributed by atoms with van der Waals surface area (Å²) in [6.45, 7) is 6.34. The summed E-state index contributed by atoms with van der Waals surface area (Å²) in [6, 6.07) is 25.7. The van der Waals surface area contributed by atoms with Gasteiger partial charge in [0.15, 0.2) is 0 Å². The van der Waals surface area contributed by atoms with Gasteiger partial charge in [-0.3, -0.25) is 9.59 Å². The molecule has 3 aromatic carbocycles. The Morgan fingerprint density at radius 2 is 1.69 bits per heavy atom. The fourth-order valence-corrected chi connectivity index (χ4v) is 5.41. The molecule has 0 saturated carbocycles. The lowest BCUT2D eigenvalue weighted by Crippen LogP contribution is -2.45. The first-order chi connectivity index (χ1) is 16.9. The molecule has 4 rings (SSSR count). The van der Waals surface area contributed by atoms with Crippen LogP contribution in [0.5, 0.6) is 0 Å². The van der Waals surface area contributed by atoms with Gasteiger partial charge in [0, 0.05) is 37.9 Å². The summed E-state index contributed by atoms with van der Waals surface area (Å²) >= 11 is 0. The van der Waals surface area contributed by atoms with Crippen LogP contribution in [0.25, 0.3) is 10.8 Å². The fourth-order valence-electron chi connectivity index (χ4n) is 5.41. The Balaban J connectivity index is 1.45. The zero-order valence-electron chi connectivity index (χ0n) is 20.7. The van der Waals surface area contributed by atoms with E-state index in [1.54, 1.807) is 0 Å². The normalized spacial score (nSPS) is 19.9. The number of carbonyl (C=O) groups excluding carboxylic acids is 1. The molecule has 0 bridgehead atoms. The van der Waals surface area contributed by atoms with Gasteiger partial charge in [-0.05, 0) is 53.6 Å². The van der Waals surface area contributed by atoms with Crippen molar-refractivity contribution in [2.24, 2.45) is 11.8 Å². The highest BCUT2D eigenvalue weighted by Crippen LogP contribution is 2.34. The number of nitrogens with zero attached hydrogens (tertiary/aromatic N) is 1. The quantitative estimate of drug-likeness (QED) is 0.424. The lowest BCUT2D eigenvalue weighted by Gasteiger charge is -2.40. The van der Waals surface area contributed by atoms with Gasteiger partial charge >= 0.3 is 5.97 Å². The third-order valence-corrected chi connectivity index (χ3v) is 7.36. The van der Waals surface area contributed by atoms with Gasteiger partial charge in [-0.2, -0.15) is 0 Å². The average Bonchev–Trinajstić information content (AvgIpc) is 2.86. The van der Waals surface area contributed by atoms with Crippen molar-refractivity contribution in [2.75, 3.05) is 19.6 Å². The maximum Gasteiger partial charge on any atom is 0.303 e. The van der Waals surface area contributed by atoms with Crippen LogP contribution in [-0.2, 0) is 9.59 Å². The van der Waals surface area contributed by atoms with Crippen molar-refractivity contribution in [3.05, 3.63) is 83.9 Å². The second-order valence-electron chi connectivity index (χ2n) is 10.0. The number of carboxylic acid groups (broad SMARTS) is 1. The number of benzene rings is 3. The SMILES string of the molecule is C[C@@H](CC(=O)O)CC(=O)N1CCC(CN[C@H](C)c2cccc3ccccc23)C(c2ccccc2)C1. The van der Waals surface area contributed by atoms with E-state index in [0.29, 0.717) is 12.5 Å². The number of piperidine rings is 1. The predicted molar refractivity (Wildman–Crippen MR) is 140 cm³/mol. The first kappa shape index (κ1) is 24.9. The molecular formula is C30H36N2O3. The summed E-state index contributed by atoms with van der Waals surface area (Å²) in [5, 5.41) is 15.4. The Hall–Kier alpha value is -3.18. The van der Waals surface area contributed by atoms with E-state index in [0.717, 1.165) is 19.5 Å². The summed E-state index contributed by atoms with van der Waals surface area (Å²) in [6.07, 6.45) is 1.24. The van der Waals surface area contributed by atoms with Gasteiger partial charge in [0.25, 0.3) is 0 Å². The minimum atomic E-state index is -0.849. The summed E-state index contributed by atoms with van der Waals surface area (Å²) in [5.74, 6) is -0.282. The number of hydrogen-bond acceptors (Lipinski definition) is 3. The van der Waals surface area contributed by atoms with Crippen molar-refractivity contribution in [3.63, 3.8) is 0 Å². The highest BCUT2D eigenvalue weighted by atomic mass is 16.4. The number of rotatable bonds is 9. The van der Waals surface area contributed by atoms with Crippen molar-refractivity contribution in [1.82, 2.24) is 10.2 Å². The molecule has 1 fully saturated rings. The minimum Gasteiger partial charge on any atom is -0.481 e. The van der Waals surface area contributed by atoms with E-state index in [1.165, 1.54) is 21.9 Å².